The third-order valence-electron chi connectivity index (χ3n) is 1.65. The number of carbonyl (C=O) groups is 1. The number of esters is 1. The molecule has 1 aromatic rings. The Morgan fingerprint density at radius 3 is 2.53 bits per heavy atom. The van der Waals surface area contributed by atoms with Gasteiger partial charge in [0.05, 0.1) is 0 Å². The molecule has 3 heteroatoms. The Balaban J connectivity index is 2.67. The maximum Gasteiger partial charge on any atom is 0.385 e. The van der Waals surface area contributed by atoms with Gasteiger partial charge >= 0.3 is 5.97 Å². The van der Waals surface area contributed by atoms with Crippen molar-refractivity contribution in [3.63, 3.8) is 0 Å². The molecule has 0 fully saturated rings. The Kier molecular flexibility index (Phi) is 3.21. The number of aryl methyl sites for hydroxylation is 1. The summed E-state index contributed by atoms with van der Waals surface area (Å²) in [5.41, 5.74) is 1.35. The number of ether oxygens (including phenoxy) is 1. The number of carbonyl (C=O) groups excluding carboxylic acids is 1. The molecule has 1 rings (SSSR count). The van der Waals surface area contributed by atoms with Crippen LogP contribution < -0.4 is 0 Å². The number of rotatable bonds is 0. The number of hydrogen-bond acceptors (Lipinski definition) is 2. The summed E-state index contributed by atoms with van der Waals surface area (Å²) in [6.45, 7) is 7.37. The fourth-order valence-electron chi connectivity index (χ4n) is 0.998. The van der Waals surface area contributed by atoms with E-state index in [2.05, 4.69) is 16.8 Å². The van der Waals surface area contributed by atoms with Crippen LogP contribution in [0.3, 0.4) is 0 Å². The fourth-order valence-corrected chi connectivity index (χ4v) is 0.998. The van der Waals surface area contributed by atoms with E-state index in [1.54, 1.807) is 6.20 Å². The van der Waals surface area contributed by atoms with E-state index in [-0.39, 0.29) is 0 Å². The minimum atomic E-state index is -0.497. The van der Waals surface area contributed by atoms with E-state index in [9.17, 15) is 4.79 Å². The molecule has 0 radical (unpaired) electrons. The second-order valence-corrected chi connectivity index (χ2v) is 4.30. The Morgan fingerprint density at radius 2 is 2.07 bits per heavy atom. The zero-order chi connectivity index (χ0) is 11.5. The Hall–Kier alpha value is -1.69. The number of H-pyrrole nitrogens is 1. The number of aromatic nitrogens is 1. The van der Waals surface area contributed by atoms with Crippen molar-refractivity contribution in [2.24, 2.45) is 0 Å². The topological polar surface area (TPSA) is 42.1 Å². The molecule has 1 heterocycles. The molecule has 0 bridgehead atoms. The summed E-state index contributed by atoms with van der Waals surface area (Å²) in [4.78, 5) is 14.2. The van der Waals surface area contributed by atoms with Crippen molar-refractivity contribution in [2.45, 2.75) is 33.3 Å². The molecule has 1 N–H and O–H groups in total. The van der Waals surface area contributed by atoms with Gasteiger partial charge < -0.3 is 9.72 Å². The molecule has 0 atom stereocenters. The SMILES string of the molecule is Cc1c[nH]cc1C#CC(=O)OC(C)(C)C. The van der Waals surface area contributed by atoms with Crippen molar-refractivity contribution < 1.29 is 9.53 Å². The molecule has 0 aromatic carbocycles. The summed E-state index contributed by atoms with van der Waals surface area (Å²) in [5.74, 6) is 4.71. The van der Waals surface area contributed by atoms with Crippen LogP contribution in [0.4, 0.5) is 0 Å². The van der Waals surface area contributed by atoms with E-state index in [0.29, 0.717) is 0 Å². The number of hydrogen-bond donors (Lipinski definition) is 1. The minimum absolute atomic E-state index is 0.487. The third kappa shape index (κ3) is 3.90. The van der Waals surface area contributed by atoms with E-state index in [1.165, 1.54) is 0 Å². The molecule has 3 nitrogen and oxygen atoms in total. The highest BCUT2D eigenvalue weighted by molar-refractivity contribution is 5.89. The molecule has 80 valence electrons. The smallest absolute Gasteiger partial charge is 0.385 e. The van der Waals surface area contributed by atoms with Crippen molar-refractivity contribution in [3.05, 3.63) is 23.5 Å². The predicted molar refractivity (Wildman–Crippen MR) is 58.3 cm³/mol. The van der Waals surface area contributed by atoms with Crippen molar-refractivity contribution in [2.75, 3.05) is 0 Å². The molecular weight excluding hydrogens is 190 g/mol. The van der Waals surface area contributed by atoms with Gasteiger partial charge in [0.1, 0.15) is 5.60 Å². The molecule has 0 spiro atoms. The summed E-state index contributed by atoms with van der Waals surface area (Å²) in [7, 11) is 0. The first-order chi connectivity index (χ1) is 6.88. The van der Waals surface area contributed by atoms with E-state index in [0.717, 1.165) is 11.1 Å². The monoisotopic (exact) mass is 205 g/mol. The quantitative estimate of drug-likeness (QED) is 0.520. The molecule has 0 aliphatic heterocycles. The fraction of sp³-hybridized carbons (Fsp3) is 0.417. The van der Waals surface area contributed by atoms with E-state index < -0.39 is 11.6 Å². The molecule has 15 heavy (non-hydrogen) atoms. The van der Waals surface area contributed by atoms with Gasteiger partial charge in [-0.05, 0) is 33.3 Å². The van der Waals surface area contributed by atoms with Gasteiger partial charge in [-0.25, -0.2) is 4.79 Å². The molecular formula is C12H15NO2. The van der Waals surface area contributed by atoms with Crippen LogP contribution in [0.2, 0.25) is 0 Å². The molecule has 0 saturated heterocycles. The summed E-state index contributed by atoms with van der Waals surface area (Å²) in [5, 5.41) is 0. The highest BCUT2D eigenvalue weighted by Crippen LogP contribution is 2.07. The number of aromatic amines is 1. The van der Waals surface area contributed by atoms with Crippen molar-refractivity contribution in [3.8, 4) is 11.8 Å². The van der Waals surface area contributed by atoms with Crippen molar-refractivity contribution in [1.29, 1.82) is 0 Å². The normalized spacial score (nSPS) is 10.4. The Labute approximate surface area is 89.8 Å². The van der Waals surface area contributed by atoms with Crippen LogP contribution in [0, 0.1) is 18.8 Å². The molecule has 0 amide bonds. The standard InChI is InChI=1S/C12H15NO2/c1-9-7-13-8-10(9)5-6-11(14)15-12(2,3)4/h7-8,13H,1-4H3. The van der Waals surface area contributed by atoms with E-state index >= 15 is 0 Å². The lowest BCUT2D eigenvalue weighted by Gasteiger charge is -2.16. The van der Waals surface area contributed by atoms with Gasteiger partial charge in [0, 0.05) is 23.9 Å². The number of nitrogens with one attached hydrogen (secondary N) is 1. The second kappa shape index (κ2) is 4.22. The maximum atomic E-state index is 11.3. The zero-order valence-corrected chi connectivity index (χ0v) is 9.47. The highest BCUT2D eigenvalue weighted by Gasteiger charge is 2.14. The summed E-state index contributed by atoms with van der Waals surface area (Å²) < 4.78 is 5.05. The van der Waals surface area contributed by atoms with Gasteiger partial charge in [0.15, 0.2) is 0 Å². The van der Waals surface area contributed by atoms with Crippen molar-refractivity contribution in [1.82, 2.24) is 4.98 Å². The average molecular weight is 205 g/mol. The first-order valence-electron chi connectivity index (χ1n) is 4.77. The van der Waals surface area contributed by atoms with Crippen molar-refractivity contribution >= 4 is 5.97 Å². The first kappa shape index (κ1) is 11.4. The van der Waals surface area contributed by atoms with Crippen LogP contribution in [-0.4, -0.2) is 16.6 Å². The molecule has 1 aromatic heterocycles. The Bertz CT molecular complexity index is 413. The van der Waals surface area contributed by atoms with Gasteiger partial charge in [0.2, 0.25) is 0 Å². The second-order valence-electron chi connectivity index (χ2n) is 4.30. The van der Waals surface area contributed by atoms with E-state index in [4.69, 9.17) is 4.74 Å². The molecule has 0 aliphatic carbocycles. The summed E-state index contributed by atoms with van der Waals surface area (Å²) in [6.07, 6.45) is 3.59. The first-order valence-corrected chi connectivity index (χ1v) is 4.77. The highest BCUT2D eigenvalue weighted by atomic mass is 16.6. The Morgan fingerprint density at radius 1 is 1.40 bits per heavy atom. The summed E-state index contributed by atoms with van der Waals surface area (Å²) in [6, 6.07) is 0. The zero-order valence-electron chi connectivity index (χ0n) is 9.47. The van der Waals surface area contributed by atoms with Gasteiger partial charge in [-0.3, -0.25) is 0 Å². The lowest BCUT2D eigenvalue weighted by Crippen LogP contribution is -2.22. The molecule has 0 saturated carbocycles. The average Bonchev–Trinajstić information content (AvgIpc) is 2.44. The van der Waals surface area contributed by atoms with Gasteiger partial charge in [-0.2, -0.15) is 0 Å². The van der Waals surface area contributed by atoms with Gasteiger partial charge in [0.25, 0.3) is 0 Å². The van der Waals surface area contributed by atoms with Crippen LogP contribution in [0.15, 0.2) is 12.4 Å². The largest absolute Gasteiger partial charge is 0.450 e. The van der Waals surface area contributed by atoms with Crippen LogP contribution in [-0.2, 0) is 9.53 Å². The van der Waals surface area contributed by atoms with Crippen LogP contribution in [0.5, 0.6) is 0 Å². The van der Waals surface area contributed by atoms with Gasteiger partial charge in [-0.1, -0.05) is 5.92 Å². The summed E-state index contributed by atoms with van der Waals surface area (Å²) >= 11 is 0. The lowest BCUT2D eigenvalue weighted by atomic mass is 10.2. The van der Waals surface area contributed by atoms with Crippen LogP contribution in [0.25, 0.3) is 0 Å². The molecule has 0 unspecified atom stereocenters. The predicted octanol–water partition coefficient (Wildman–Crippen LogP) is 2.02. The third-order valence-corrected chi connectivity index (χ3v) is 1.65. The van der Waals surface area contributed by atoms with Crippen LogP contribution in [0.1, 0.15) is 31.9 Å². The minimum Gasteiger partial charge on any atom is -0.450 e. The van der Waals surface area contributed by atoms with E-state index in [1.807, 2.05) is 33.9 Å². The lowest BCUT2D eigenvalue weighted by molar-refractivity contribution is -0.147. The molecule has 0 aliphatic rings. The maximum absolute atomic E-state index is 11.3. The van der Waals surface area contributed by atoms with Crippen LogP contribution >= 0.6 is 0 Å². The van der Waals surface area contributed by atoms with Gasteiger partial charge in [-0.15, -0.1) is 0 Å².